The standard InChI is InChI=1S/C21H28N4O2/c1-15-23-20(22-12-11-16-7-5-4-6-8-16)14-21(24-15)25-18-10-9-17(26-2)13-19(18)27-3/h7,9-10,13-14H,4-6,8,11-12H2,1-3H3,(H2,22,23,24,25). The van der Waals surface area contributed by atoms with Crippen LogP contribution in [0.25, 0.3) is 0 Å². The molecule has 1 aliphatic rings. The third-order valence-corrected chi connectivity index (χ3v) is 4.65. The minimum absolute atomic E-state index is 0.698. The van der Waals surface area contributed by atoms with Crippen LogP contribution in [0.1, 0.15) is 37.9 Å². The molecular weight excluding hydrogens is 340 g/mol. The smallest absolute Gasteiger partial charge is 0.146 e. The van der Waals surface area contributed by atoms with E-state index in [0.717, 1.165) is 36.0 Å². The topological polar surface area (TPSA) is 68.3 Å². The van der Waals surface area contributed by atoms with Crippen molar-refractivity contribution in [1.29, 1.82) is 0 Å². The number of nitrogens with zero attached hydrogens (tertiary/aromatic N) is 2. The van der Waals surface area contributed by atoms with Gasteiger partial charge in [0.15, 0.2) is 0 Å². The SMILES string of the molecule is COc1ccc(Nc2cc(NCCC3=CCCCC3)nc(C)n2)c(OC)c1. The van der Waals surface area contributed by atoms with E-state index < -0.39 is 0 Å². The van der Waals surface area contributed by atoms with E-state index in [1.807, 2.05) is 31.2 Å². The molecule has 2 aromatic rings. The molecule has 144 valence electrons. The molecule has 0 amide bonds. The third-order valence-electron chi connectivity index (χ3n) is 4.65. The van der Waals surface area contributed by atoms with Crippen LogP contribution in [0.2, 0.25) is 0 Å². The Kier molecular flexibility index (Phi) is 6.52. The molecule has 0 bridgehead atoms. The number of hydrogen-bond acceptors (Lipinski definition) is 6. The first-order chi connectivity index (χ1) is 13.2. The van der Waals surface area contributed by atoms with Crippen molar-refractivity contribution in [3.05, 3.63) is 41.7 Å². The molecule has 27 heavy (non-hydrogen) atoms. The van der Waals surface area contributed by atoms with Crippen LogP contribution < -0.4 is 20.1 Å². The Morgan fingerprint density at radius 1 is 1.04 bits per heavy atom. The van der Waals surface area contributed by atoms with E-state index in [-0.39, 0.29) is 0 Å². The van der Waals surface area contributed by atoms with Gasteiger partial charge >= 0.3 is 0 Å². The molecule has 3 rings (SSSR count). The lowest BCUT2D eigenvalue weighted by atomic mass is 9.97. The average molecular weight is 368 g/mol. The summed E-state index contributed by atoms with van der Waals surface area (Å²) < 4.78 is 10.7. The van der Waals surface area contributed by atoms with E-state index in [2.05, 4.69) is 26.7 Å². The molecule has 0 saturated carbocycles. The van der Waals surface area contributed by atoms with Crippen LogP contribution in [0.5, 0.6) is 11.5 Å². The lowest BCUT2D eigenvalue weighted by Crippen LogP contribution is -2.08. The summed E-state index contributed by atoms with van der Waals surface area (Å²) >= 11 is 0. The van der Waals surface area contributed by atoms with Gasteiger partial charge in [0, 0.05) is 18.7 Å². The Morgan fingerprint density at radius 3 is 2.63 bits per heavy atom. The summed E-state index contributed by atoms with van der Waals surface area (Å²) in [5.41, 5.74) is 2.38. The van der Waals surface area contributed by atoms with Gasteiger partial charge in [0.25, 0.3) is 0 Å². The lowest BCUT2D eigenvalue weighted by Gasteiger charge is -2.15. The van der Waals surface area contributed by atoms with Crippen LogP contribution in [0.15, 0.2) is 35.9 Å². The van der Waals surface area contributed by atoms with Crippen LogP contribution in [-0.2, 0) is 0 Å². The summed E-state index contributed by atoms with van der Waals surface area (Å²) in [4.78, 5) is 8.98. The molecule has 1 heterocycles. The van der Waals surface area contributed by atoms with Crippen molar-refractivity contribution in [3.63, 3.8) is 0 Å². The van der Waals surface area contributed by atoms with E-state index in [1.54, 1.807) is 19.8 Å². The summed E-state index contributed by atoms with van der Waals surface area (Å²) in [6, 6.07) is 7.56. The van der Waals surface area contributed by atoms with E-state index >= 15 is 0 Å². The zero-order valence-corrected chi connectivity index (χ0v) is 16.3. The highest BCUT2D eigenvalue weighted by Crippen LogP contribution is 2.31. The van der Waals surface area contributed by atoms with Crippen LogP contribution >= 0.6 is 0 Å². The maximum absolute atomic E-state index is 5.44. The number of ether oxygens (including phenoxy) is 2. The van der Waals surface area contributed by atoms with Gasteiger partial charge in [0.2, 0.25) is 0 Å². The van der Waals surface area contributed by atoms with Gasteiger partial charge in [-0.15, -0.1) is 0 Å². The highest BCUT2D eigenvalue weighted by atomic mass is 16.5. The Labute approximate surface area is 161 Å². The van der Waals surface area contributed by atoms with Crippen molar-refractivity contribution in [2.75, 3.05) is 31.4 Å². The number of rotatable bonds is 8. The number of nitrogens with one attached hydrogen (secondary N) is 2. The first-order valence-electron chi connectivity index (χ1n) is 9.44. The van der Waals surface area contributed by atoms with Gasteiger partial charge in [-0.25, -0.2) is 9.97 Å². The minimum Gasteiger partial charge on any atom is -0.497 e. The van der Waals surface area contributed by atoms with E-state index in [0.29, 0.717) is 11.6 Å². The minimum atomic E-state index is 0.698. The average Bonchev–Trinajstić information content (AvgIpc) is 2.69. The summed E-state index contributed by atoms with van der Waals surface area (Å²) in [7, 11) is 3.27. The molecule has 0 atom stereocenters. The van der Waals surface area contributed by atoms with E-state index in [1.165, 1.54) is 25.7 Å². The Bertz CT molecular complexity index is 805. The highest BCUT2D eigenvalue weighted by Gasteiger charge is 2.09. The number of hydrogen-bond donors (Lipinski definition) is 2. The Hall–Kier alpha value is -2.76. The zero-order chi connectivity index (χ0) is 19.1. The number of anilines is 3. The zero-order valence-electron chi connectivity index (χ0n) is 16.3. The molecule has 0 fully saturated rings. The molecule has 0 unspecified atom stereocenters. The van der Waals surface area contributed by atoms with Gasteiger partial charge in [-0.3, -0.25) is 0 Å². The molecule has 6 heteroatoms. The summed E-state index contributed by atoms with van der Waals surface area (Å²) in [6.07, 6.45) is 8.55. The summed E-state index contributed by atoms with van der Waals surface area (Å²) in [5.74, 6) is 3.71. The summed E-state index contributed by atoms with van der Waals surface area (Å²) in [6.45, 7) is 2.78. The van der Waals surface area contributed by atoms with Crippen LogP contribution in [-0.4, -0.2) is 30.7 Å². The van der Waals surface area contributed by atoms with Gasteiger partial charge in [0.05, 0.1) is 19.9 Å². The summed E-state index contributed by atoms with van der Waals surface area (Å²) in [5, 5.41) is 6.74. The maximum atomic E-state index is 5.44. The van der Waals surface area contributed by atoms with Crippen LogP contribution in [0, 0.1) is 6.92 Å². The van der Waals surface area contributed by atoms with Gasteiger partial charge in [-0.1, -0.05) is 11.6 Å². The molecule has 1 aromatic carbocycles. The van der Waals surface area contributed by atoms with Crippen molar-refractivity contribution in [2.45, 2.75) is 39.0 Å². The maximum Gasteiger partial charge on any atom is 0.146 e. The quantitative estimate of drug-likeness (QED) is 0.649. The predicted molar refractivity (Wildman–Crippen MR) is 109 cm³/mol. The van der Waals surface area contributed by atoms with Crippen molar-refractivity contribution in [1.82, 2.24) is 9.97 Å². The van der Waals surface area contributed by atoms with Crippen molar-refractivity contribution >= 4 is 17.3 Å². The van der Waals surface area contributed by atoms with E-state index in [9.17, 15) is 0 Å². The number of methoxy groups -OCH3 is 2. The molecule has 1 aliphatic carbocycles. The molecule has 6 nitrogen and oxygen atoms in total. The second kappa shape index (κ2) is 9.26. The van der Waals surface area contributed by atoms with Crippen molar-refractivity contribution in [3.8, 4) is 11.5 Å². The van der Waals surface area contributed by atoms with Gasteiger partial charge in [-0.05, 0) is 51.2 Å². The second-order valence-corrected chi connectivity index (χ2v) is 6.66. The Balaban J connectivity index is 1.67. The van der Waals surface area contributed by atoms with Crippen LogP contribution in [0.3, 0.4) is 0 Å². The fourth-order valence-electron chi connectivity index (χ4n) is 3.24. The number of benzene rings is 1. The lowest BCUT2D eigenvalue weighted by molar-refractivity contribution is 0.395. The van der Waals surface area contributed by atoms with Gasteiger partial charge in [0.1, 0.15) is 29.0 Å². The first-order valence-corrected chi connectivity index (χ1v) is 9.44. The molecule has 0 radical (unpaired) electrons. The highest BCUT2D eigenvalue weighted by molar-refractivity contribution is 5.67. The van der Waals surface area contributed by atoms with Gasteiger partial charge < -0.3 is 20.1 Å². The fraction of sp³-hybridized carbons (Fsp3) is 0.429. The van der Waals surface area contributed by atoms with Crippen LogP contribution in [0.4, 0.5) is 17.3 Å². The number of allylic oxidation sites excluding steroid dienone is 1. The molecule has 0 aliphatic heterocycles. The predicted octanol–water partition coefficient (Wildman–Crippen LogP) is 4.85. The molecule has 0 spiro atoms. The second-order valence-electron chi connectivity index (χ2n) is 6.66. The Morgan fingerprint density at radius 2 is 1.89 bits per heavy atom. The number of aryl methyl sites for hydroxylation is 1. The normalized spacial score (nSPS) is 13.7. The fourth-order valence-corrected chi connectivity index (χ4v) is 3.24. The van der Waals surface area contributed by atoms with E-state index in [4.69, 9.17) is 9.47 Å². The molecule has 2 N–H and O–H groups in total. The largest absolute Gasteiger partial charge is 0.497 e. The van der Waals surface area contributed by atoms with Crippen molar-refractivity contribution in [2.24, 2.45) is 0 Å². The molecular formula is C21H28N4O2. The van der Waals surface area contributed by atoms with Crippen molar-refractivity contribution < 1.29 is 9.47 Å². The first kappa shape index (κ1) is 19.0. The van der Waals surface area contributed by atoms with Gasteiger partial charge in [-0.2, -0.15) is 0 Å². The third kappa shape index (κ3) is 5.36. The number of aromatic nitrogens is 2. The monoisotopic (exact) mass is 368 g/mol. The molecule has 0 saturated heterocycles. The molecule has 1 aromatic heterocycles.